The zero-order valence-electron chi connectivity index (χ0n) is 11.5. The summed E-state index contributed by atoms with van der Waals surface area (Å²) in [4.78, 5) is 14.0. The van der Waals surface area contributed by atoms with Crippen LogP contribution in [0.5, 0.6) is 5.75 Å². The second-order valence-corrected chi connectivity index (χ2v) is 4.79. The first-order valence-corrected chi connectivity index (χ1v) is 7.08. The van der Waals surface area contributed by atoms with Crippen LogP contribution in [0.1, 0.15) is 32.6 Å². The van der Waals surface area contributed by atoms with E-state index in [1.54, 1.807) is 0 Å². The van der Waals surface area contributed by atoms with Crippen molar-refractivity contribution in [2.75, 3.05) is 25.0 Å². The Morgan fingerprint density at radius 1 is 1.16 bits per heavy atom. The van der Waals surface area contributed by atoms with Crippen LogP contribution in [0.25, 0.3) is 0 Å². The van der Waals surface area contributed by atoms with E-state index in [9.17, 15) is 4.79 Å². The summed E-state index contributed by atoms with van der Waals surface area (Å²) in [5.74, 6) is 0.829. The minimum absolute atomic E-state index is 0.00561. The fraction of sp³-hybridized carbons (Fsp3) is 0.533. The molecule has 0 bridgehead atoms. The molecule has 1 aromatic rings. The molecular formula is C15H22N2O2. The maximum absolute atomic E-state index is 12.1. The molecule has 1 fully saturated rings. The van der Waals surface area contributed by atoms with E-state index in [-0.39, 0.29) is 6.03 Å². The SMILES string of the molecule is CCOc1ccc(NC(=O)N2CCCCCC2)cc1. The molecule has 104 valence electrons. The van der Waals surface area contributed by atoms with Gasteiger partial charge in [0.1, 0.15) is 5.75 Å². The van der Waals surface area contributed by atoms with Crippen LogP contribution in [-0.4, -0.2) is 30.6 Å². The Morgan fingerprint density at radius 3 is 2.37 bits per heavy atom. The highest BCUT2D eigenvalue weighted by Crippen LogP contribution is 2.17. The van der Waals surface area contributed by atoms with Crippen LogP contribution < -0.4 is 10.1 Å². The molecule has 0 aliphatic carbocycles. The van der Waals surface area contributed by atoms with E-state index in [2.05, 4.69) is 5.32 Å². The van der Waals surface area contributed by atoms with E-state index < -0.39 is 0 Å². The lowest BCUT2D eigenvalue weighted by Gasteiger charge is -2.20. The summed E-state index contributed by atoms with van der Waals surface area (Å²) >= 11 is 0. The maximum atomic E-state index is 12.1. The van der Waals surface area contributed by atoms with Crippen LogP contribution in [0, 0.1) is 0 Å². The summed E-state index contributed by atoms with van der Waals surface area (Å²) in [5, 5.41) is 2.94. The van der Waals surface area contributed by atoms with Crippen molar-refractivity contribution < 1.29 is 9.53 Å². The number of anilines is 1. The minimum Gasteiger partial charge on any atom is -0.494 e. The normalized spacial score (nSPS) is 15.7. The van der Waals surface area contributed by atoms with Gasteiger partial charge in [0.2, 0.25) is 0 Å². The monoisotopic (exact) mass is 262 g/mol. The van der Waals surface area contributed by atoms with Gasteiger partial charge in [-0.2, -0.15) is 0 Å². The third-order valence-electron chi connectivity index (χ3n) is 3.31. The summed E-state index contributed by atoms with van der Waals surface area (Å²) in [6.07, 6.45) is 4.67. The number of carbonyl (C=O) groups excluding carboxylic acids is 1. The van der Waals surface area contributed by atoms with E-state index in [0.717, 1.165) is 37.4 Å². The molecule has 2 rings (SSSR count). The van der Waals surface area contributed by atoms with Gasteiger partial charge < -0.3 is 15.0 Å². The standard InChI is InChI=1S/C15H22N2O2/c1-2-19-14-9-7-13(8-10-14)16-15(18)17-11-5-3-4-6-12-17/h7-10H,2-6,11-12H2,1H3,(H,16,18). The van der Waals surface area contributed by atoms with Gasteiger partial charge in [0.05, 0.1) is 6.61 Å². The Balaban J connectivity index is 1.90. The summed E-state index contributed by atoms with van der Waals surface area (Å²) in [6.45, 7) is 4.33. The van der Waals surface area contributed by atoms with E-state index in [1.165, 1.54) is 12.8 Å². The molecule has 2 amide bonds. The lowest BCUT2D eigenvalue weighted by molar-refractivity contribution is 0.214. The van der Waals surface area contributed by atoms with Crippen molar-refractivity contribution in [3.05, 3.63) is 24.3 Å². The number of rotatable bonds is 3. The third-order valence-corrected chi connectivity index (χ3v) is 3.31. The number of nitrogens with one attached hydrogen (secondary N) is 1. The summed E-state index contributed by atoms with van der Waals surface area (Å²) in [7, 11) is 0. The molecule has 0 saturated carbocycles. The van der Waals surface area contributed by atoms with Crippen LogP contribution in [0.15, 0.2) is 24.3 Å². The molecule has 1 aliphatic heterocycles. The number of urea groups is 1. The Labute approximate surface area is 114 Å². The van der Waals surface area contributed by atoms with Crippen molar-refractivity contribution in [2.24, 2.45) is 0 Å². The van der Waals surface area contributed by atoms with Crippen molar-refractivity contribution in [2.45, 2.75) is 32.6 Å². The first-order valence-electron chi connectivity index (χ1n) is 7.08. The Bertz CT molecular complexity index is 395. The summed E-state index contributed by atoms with van der Waals surface area (Å²) in [5.41, 5.74) is 0.817. The van der Waals surface area contributed by atoms with Crippen LogP contribution in [0.4, 0.5) is 10.5 Å². The molecule has 1 aromatic carbocycles. The highest BCUT2D eigenvalue weighted by Gasteiger charge is 2.15. The Morgan fingerprint density at radius 2 is 1.79 bits per heavy atom. The molecule has 1 aliphatic rings. The molecule has 0 radical (unpaired) electrons. The van der Waals surface area contributed by atoms with Gasteiger partial charge in [-0.15, -0.1) is 0 Å². The Hall–Kier alpha value is -1.71. The van der Waals surface area contributed by atoms with E-state index in [4.69, 9.17) is 4.74 Å². The molecule has 1 heterocycles. The van der Waals surface area contributed by atoms with Gasteiger partial charge in [-0.25, -0.2) is 4.79 Å². The van der Waals surface area contributed by atoms with Gasteiger partial charge in [-0.05, 0) is 44.0 Å². The zero-order valence-corrected chi connectivity index (χ0v) is 11.5. The number of carbonyl (C=O) groups is 1. The zero-order chi connectivity index (χ0) is 13.5. The largest absolute Gasteiger partial charge is 0.494 e. The van der Waals surface area contributed by atoms with E-state index in [0.29, 0.717) is 6.61 Å². The molecule has 0 unspecified atom stereocenters. The predicted molar refractivity (Wildman–Crippen MR) is 76.7 cm³/mol. The molecule has 0 aromatic heterocycles. The van der Waals surface area contributed by atoms with Crippen LogP contribution >= 0.6 is 0 Å². The number of benzene rings is 1. The van der Waals surface area contributed by atoms with E-state index >= 15 is 0 Å². The molecular weight excluding hydrogens is 240 g/mol. The highest BCUT2D eigenvalue weighted by atomic mass is 16.5. The molecule has 1 saturated heterocycles. The number of nitrogens with zero attached hydrogens (tertiary/aromatic N) is 1. The van der Waals surface area contributed by atoms with Crippen LogP contribution in [0.2, 0.25) is 0 Å². The molecule has 4 nitrogen and oxygen atoms in total. The quantitative estimate of drug-likeness (QED) is 0.906. The average Bonchev–Trinajstić information content (AvgIpc) is 2.70. The number of amides is 2. The summed E-state index contributed by atoms with van der Waals surface area (Å²) < 4.78 is 5.38. The molecule has 4 heteroatoms. The lowest BCUT2D eigenvalue weighted by atomic mass is 10.2. The van der Waals surface area contributed by atoms with Crippen LogP contribution in [-0.2, 0) is 0 Å². The van der Waals surface area contributed by atoms with Gasteiger partial charge in [0, 0.05) is 18.8 Å². The van der Waals surface area contributed by atoms with Crippen molar-refractivity contribution in [3.8, 4) is 5.75 Å². The fourth-order valence-corrected chi connectivity index (χ4v) is 2.28. The first kappa shape index (κ1) is 13.7. The minimum atomic E-state index is 0.00561. The first-order chi connectivity index (χ1) is 9.29. The van der Waals surface area contributed by atoms with Crippen molar-refractivity contribution in [3.63, 3.8) is 0 Å². The van der Waals surface area contributed by atoms with Crippen LogP contribution in [0.3, 0.4) is 0 Å². The number of hydrogen-bond donors (Lipinski definition) is 1. The van der Waals surface area contributed by atoms with Crippen molar-refractivity contribution in [1.82, 2.24) is 4.90 Å². The maximum Gasteiger partial charge on any atom is 0.321 e. The van der Waals surface area contributed by atoms with E-state index in [1.807, 2.05) is 36.1 Å². The van der Waals surface area contributed by atoms with Crippen molar-refractivity contribution in [1.29, 1.82) is 0 Å². The number of ether oxygens (including phenoxy) is 1. The van der Waals surface area contributed by atoms with Gasteiger partial charge >= 0.3 is 6.03 Å². The number of likely N-dealkylation sites (tertiary alicyclic amines) is 1. The highest BCUT2D eigenvalue weighted by molar-refractivity contribution is 5.89. The second kappa shape index (κ2) is 7.02. The Kier molecular flexibility index (Phi) is 5.07. The molecule has 19 heavy (non-hydrogen) atoms. The van der Waals surface area contributed by atoms with Crippen molar-refractivity contribution >= 4 is 11.7 Å². The molecule has 1 N–H and O–H groups in total. The average molecular weight is 262 g/mol. The predicted octanol–water partition coefficient (Wildman–Crippen LogP) is 3.49. The van der Waals surface area contributed by atoms with Gasteiger partial charge in [-0.1, -0.05) is 12.8 Å². The third kappa shape index (κ3) is 4.16. The second-order valence-electron chi connectivity index (χ2n) is 4.79. The van der Waals surface area contributed by atoms with Gasteiger partial charge in [0.25, 0.3) is 0 Å². The summed E-state index contributed by atoms with van der Waals surface area (Å²) in [6, 6.07) is 7.51. The molecule has 0 atom stereocenters. The van der Waals surface area contributed by atoms with Gasteiger partial charge in [-0.3, -0.25) is 0 Å². The number of hydrogen-bond acceptors (Lipinski definition) is 2. The lowest BCUT2D eigenvalue weighted by Crippen LogP contribution is -2.35. The molecule has 0 spiro atoms. The smallest absolute Gasteiger partial charge is 0.321 e. The topological polar surface area (TPSA) is 41.6 Å². The van der Waals surface area contributed by atoms with Gasteiger partial charge in [0.15, 0.2) is 0 Å². The fourth-order valence-electron chi connectivity index (χ4n) is 2.28.